The number of halogens is 6. The second kappa shape index (κ2) is 15.3. The Balaban J connectivity index is 0.00000169. The number of fused-ring (bicyclic) bond motifs is 1. The van der Waals surface area contributed by atoms with Gasteiger partial charge in [0.1, 0.15) is 0 Å². The van der Waals surface area contributed by atoms with E-state index in [4.69, 9.17) is 20.7 Å². The molecule has 3 heterocycles. The maximum absolute atomic E-state index is 13.5. The molecule has 4 N–H and O–H groups in total. The third-order valence-electron chi connectivity index (χ3n) is 8.95. The molecular weight excluding hydrogens is 624 g/mol. The van der Waals surface area contributed by atoms with Crippen molar-refractivity contribution >= 4 is 60.2 Å². The Labute approximate surface area is 269 Å². The van der Waals surface area contributed by atoms with Crippen LogP contribution in [0, 0.1) is 5.92 Å². The number of nitrogens with two attached hydrogens (primary N) is 1. The molecule has 0 unspecified atom stereocenters. The number of nitrogens with one attached hydrogen (secondary N) is 2. The Morgan fingerprint density at radius 3 is 2.23 bits per heavy atom. The predicted octanol–water partition coefficient (Wildman–Crippen LogP) is 7.19. The number of nitrogens with zero attached hydrogens (tertiary/aromatic N) is 5. The molecule has 0 radical (unpaired) electrons. The molecule has 3 aromatic rings. The number of hydrazine groups is 1. The molecule has 43 heavy (non-hydrogen) atoms. The average molecular weight is 666 g/mol. The molecule has 1 aliphatic heterocycles. The number of benzene rings is 1. The van der Waals surface area contributed by atoms with Gasteiger partial charge in [0.05, 0.1) is 11.9 Å². The van der Waals surface area contributed by atoms with Gasteiger partial charge in [-0.2, -0.15) is 23.1 Å². The van der Waals surface area contributed by atoms with Crippen LogP contribution in [0.2, 0.25) is 0 Å². The minimum atomic E-state index is -4.32. The van der Waals surface area contributed by atoms with Crippen molar-refractivity contribution in [2.24, 2.45) is 11.7 Å². The van der Waals surface area contributed by atoms with E-state index in [0.29, 0.717) is 35.8 Å². The highest BCUT2D eigenvalue weighted by molar-refractivity contribution is 5.86. The van der Waals surface area contributed by atoms with Gasteiger partial charge in [0, 0.05) is 31.2 Å². The summed E-state index contributed by atoms with van der Waals surface area (Å²) in [6, 6.07) is 6.92. The molecule has 0 amide bonds. The van der Waals surface area contributed by atoms with Crippen molar-refractivity contribution in [2.45, 2.75) is 94.9 Å². The van der Waals surface area contributed by atoms with E-state index in [2.05, 4.69) is 20.3 Å². The quantitative estimate of drug-likeness (QED) is 0.246. The zero-order valence-corrected chi connectivity index (χ0v) is 26.5. The van der Waals surface area contributed by atoms with E-state index < -0.39 is 11.7 Å². The predicted molar refractivity (Wildman–Crippen MR) is 171 cm³/mol. The zero-order valence-electron chi connectivity index (χ0n) is 24.1. The molecule has 1 aromatic carbocycles. The molecule has 0 spiro atoms. The summed E-state index contributed by atoms with van der Waals surface area (Å²) in [6.45, 7) is 1.44. The monoisotopic (exact) mass is 664 g/mol. The van der Waals surface area contributed by atoms with Gasteiger partial charge in [0.2, 0.25) is 5.95 Å². The minimum Gasteiger partial charge on any atom is -0.351 e. The fourth-order valence-corrected chi connectivity index (χ4v) is 6.64. The number of rotatable bonds is 7. The minimum absolute atomic E-state index is 0. The van der Waals surface area contributed by atoms with Crippen LogP contribution in [0.5, 0.6) is 0 Å². The van der Waals surface area contributed by atoms with Crippen LogP contribution < -0.4 is 16.5 Å². The topological polar surface area (TPSA) is 96.9 Å². The molecule has 2 aliphatic carbocycles. The maximum Gasteiger partial charge on any atom is 0.416 e. The lowest BCUT2D eigenvalue weighted by molar-refractivity contribution is -0.138. The third kappa shape index (κ3) is 8.36. The second-order valence-electron chi connectivity index (χ2n) is 11.8. The first kappa shape index (κ1) is 35.4. The molecule has 8 nitrogen and oxygen atoms in total. The molecular formula is C29H42Cl3F3N8. The Morgan fingerprint density at radius 1 is 0.884 bits per heavy atom. The summed E-state index contributed by atoms with van der Waals surface area (Å²) >= 11 is 0. The molecule has 3 aliphatic rings. The van der Waals surface area contributed by atoms with Gasteiger partial charge in [-0.3, -0.25) is 0 Å². The largest absolute Gasteiger partial charge is 0.416 e. The van der Waals surface area contributed by atoms with Gasteiger partial charge in [-0.25, -0.2) is 9.99 Å². The maximum atomic E-state index is 13.5. The number of imidazole rings is 1. The van der Waals surface area contributed by atoms with Gasteiger partial charge in [-0.05, 0) is 75.3 Å². The van der Waals surface area contributed by atoms with Crippen LogP contribution in [0.15, 0.2) is 30.6 Å². The van der Waals surface area contributed by atoms with Crippen molar-refractivity contribution in [1.82, 2.24) is 24.5 Å². The highest BCUT2D eigenvalue weighted by atomic mass is 35.5. The van der Waals surface area contributed by atoms with Gasteiger partial charge in [-0.15, -0.1) is 37.2 Å². The van der Waals surface area contributed by atoms with E-state index in [-0.39, 0.29) is 49.2 Å². The highest BCUT2D eigenvalue weighted by Crippen LogP contribution is 2.35. The molecule has 0 atom stereocenters. The Kier molecular flexibility index (Phi) is 12.6. The fourth-order valence-electron chi connectivity index (χ4n) is 6.64. The number of aromatic nitrogens is 4. The molecule has 1 saturated heterocycles. The van der Waals surface area contributed by atoms with E-state index in [1.807, 2.05) is 6.33 Å². The standard InChI is InChI=1S/C29H39F3N8.3ClH/c30-29(31,32)24-8-4-1-5-20(24)17-19-13-15-39(16-14-19)38-26-25-27(40(18-34-25)23-6-2-3-7-23)37-28(36-26)35-22-11-9-21(33)10-12-22;;;/h1,4-5,8,18-19,21-23H,2-3,6-7,9-17,33H2,(H2,35,36,37,38);3*1H. The molecule has 2 aromatic heterocycles. The van der Waals surface area contributed by atoms with E-state index in [9.17, 15) is 13.2 Å². The Morgan fingerprint density at radius 2 is 1.56 bits per heavy atom. The molecule has 14 heteroatoms. The molecule has 240 valence electrons. The summed E-state index contributed by atoms with van der Waals surface area (Å²) in [5, 5.41) is 5.68. The van der Waals surface area contributed by atoms with Crippen molar-refractivity contribution in [3.63, 3.8) is 0 Å². The first-order chi connectivity index (χ1) is 19.3. The lowest BCUT2D eigenvalue weighted by Gasteiger charge is -2.33. The van der Waals surface area contributed by atoms with E-state index in [1.54, 1.807) is 12.1 Å². The summed E-state index contributed by atoms with van der Waals surface area (Å²) in [5.74, 6) is 1.48. The van der Waals surface area contributed by atoms with Crippen LogP contribution in [0.25, 0.3) is 11.2 Å². The summed E-state index contributed by atoms with van der Waals surface area (Å²) in [7, 11) is 0. The molecule has 0 bridgehead atoms. The normalized spacial score (nSPS) is 22.0. The van der Waals surface area contributed by atoms with Crippen molar-refractivity contribution in [2.75, 3.05) is 23.8 Å². The van der Waals surface area contributed by atoms with Crippen molar-refractivity contribution < 1.29 is 13.2 Å². The van der Waals surface area contributed by atoms with E-state index in [0.717, 1.165) is 75.6 Å². The average Bonchev–Trinajstić information content (AvgIpc) is 3.61. The summed E-state index contributed by atoms with van der Waals surface area (Å²) < 4.78 is 42.7. The Bertz CT molecular complexity index is 1300. The second-order valence-corrected chi connectivity index (χ2v) is 11.8. The SMILES string of the molecule is Cl.Cl.Cl.NC1CCC(Nc2nc(NN3CCC(Cc4ccccc4C(F)(F)F)CC3)c3ncn(C4CCCC4)c3n2)CC1. The van der Waals surface area contributed by atoms with Crippen molar-refractivity contribution in [1.29, 1.82) is 0 Å². The van der Waals surface area contributed by atoms with Gasteiger partial charge >= 0.3 is 6.18 Å². The highest BCUT2D eigenvalue weighted by Gasteiger charge is 2.34. The lowest BCUT2D eigenvalue weighted by Crippen LogP contribution is -2.39. The number of piperidine rings is 1. The van der Waals surface area contributed by atoms with Crippen molar-refractivity contribution in [3.8, 4) is 0 Å². The third-order valence-corrected chi connectivity index (χ3v) is 8.95. The number of alkyl halides is 3. The van der Waals surface area contributed by atoms with Gasteiger partial charge < -0.3 is 21.0 Å². The molecule has 6 rings (SSSR count). The summed E-state index contributed by atoms with van der Waals surface area (Å²) in [6.07, 6.45) is 8.30. The smallest absolute Gasteiger partial charge is 0.351 e. The first-order valence-electron chi connectivity index (χ1n) is 14.8. The van der Waals surface area contributed by atoms with Crippen molar-refractivity contribution in [3.05, 3.63) is 41.7 Å². The fraction of sp³-hybridized carbons (Fsp3) is 0.621. The zero-order chi connectivity index (χ0) is 27.7. The number of hydrogen-bond donors (Lipinski definition) is 3. The van der Waals surface area contributed by atoms with Crippen LogP contribution in [0.3, 0.4) is 0 Å². The van der Waals surface area contributed by atoms with Crippen LogP contribution in [0.1, 0.15) is 81.4 Å². The molecule has 3 fully saturated rings. The van der Waals surface area contributed by atoms with Crippen LogP contribution in [0.4, 0.5) is 24.9 Å². The van der Waals surface area contributed by atoms with Gasteiger partial charge in [-0.1, -0.05) is 31.0 Å². The Hall–Kier alpha value is -2.05. The summed E-state index contributed by atoms with van der Waals surface area (Å²) in [5.41, 5.74) is 11.1. The van der Waals surface area contributed by atoms with Gasteiger partial charge in [0.25, 0.3) is 0 Å². The molecule has 2 saturated carbocycles. The number of hydrogen-bond acceptors (Lipinski definition) is 7. The number of anilines is 2. The lowest BCUT2D eigenvalue weighted by atomic mass is 9.88. The van der Waals surface area contributed by atoms with Crippen LogP contribution in [-0.4, -0.2) is 49.7 Å². The van der Waals surface area contributed by atoms with Gasteiger partial charge in [0.15, 0.2) is 17.0 Å². The first-order valence-corrected chi connectivity index (χ1v) is 14.8. The van der Waals surface area contributed by atoms with Crippen LogP contribution >= 0.6 is 37.2 Å². The summed E-state index contributed by atoms with van der Waals surface area (Å²) in [4.78, 5) is 14.5. The van der Waals surface area contributed by atoms with Crippen LogP contribution in [-0.2, 0) is 12.6 Å². The van der Waals surface area contributed by atoms with E-state index >= 15 is 0 Å². The van der Waals surface area contributed by atoms with E-state index in [1.165, 1.54) is 25.0 Å².